The molecule has 0 saturated heterocycles. The molecule has 0 fully saturated rings. The maximum absolute atomic E-state index is 12.8. The Hall–Kier alpha value is -3.90. The summed E-state index contributed by atoms with van der Waals surface area (Å²) in [7, 11) is 2.51. The molecule has 1 aromatic heterocycles. The van der Waals surface area contributed by atoms with Crippen LogP contribution in [0.2, 0.25) is 5.02 Å². The van der Waals surface area contributed by atoms with Crippen LogP contribution in [0.5, 0.6) is 0 Å². The van der Waals surface area contributed by atoms with Crippen molar-refractivity contribution in [1.82, 2.24) is 9.78 Å². The van der Waals surface area contributed by atoms with Crippen molar-refractivity contribution in [2.45, 2.75) is 0 Å². The second kappa shape index (κ2) is 9.08. The highest BCUT2D eigenvalue weighted by atomic mass is 35.5. The third-order valence-corrected chi connectivity index (χ3v) is 5.18. The molecule has 0 bridgehead atoms. The van der Waals surface area contributed by atoms with Gasteiger partial charge in [0.1, 0.15) is 11.3 Å². The van der Waals surface area contributed by atoms with Crippen molar-refractivity contribution in [3.63, 3.8) is 0 Å². The van der Waals surface area contributed by atoms with Gasteiger partial charge in [-0.3, -0.25) is 0 Å². The number of rotatable bonds is 5. The number of esters is 2. The number of aromatic nitrogens is 2. The Labute approximate surface area is 190 Å². The average molecular weight is 447 g/mol. The summed E-state index contributed by atoms with van der Waals surface area (Å²) >= 11 is 6.15. The van der Waals surface area contributed by atoms with E-state index in [0.29, 0.717) is 22.0 Å². The molecule has 0 unspecified atom stereocenters. The van der Waals surface area contributed by atoms with Gasteiger partial charge in [0, 0.05) is 10.6 Å². The summed E-state index contributed by atoms with van der Waals surface area (Å²) in [5.41, 5.74) is 3.38. The monoisotopic (exact) mass is 446 g/mol. The van der Waals surface area contributed by atoms with Gasteiger partial charge in [0.25, 0.3) is 0 Å². The number of hydrogen-bond acceptors (Lipinski definition) is 5. The van der Waals surface area contributed by atoms with Crippen molar-refractivity contribution in [3.8, 4) is 28.1 Å². The van der Waals surface area contributed by atoms with E-state index in [2.05, 4.69) is 5.10 Å². The Bertz CT molecular complexity index is 1300. The van der Waals surface area contributed by atoms with Gasteiger partial charge in [0.2, 0.25) is 0 Å². The zero-order valence-electron chi connectivity index (χ0n) is 17.4. The first-order valence-electron chi connectivity index (χ1n) is 9.75. The maximum atomic E-state index is 12.8. The van der Waals surface area contributed by atoms with E-state index in [1.807, 2.05) is 60.7 Å². The highest BCUT2D eigenvalue weighted by molar-refractivity contribution is 6.30. The molecule has 3 aromatic carbocycles. The standard InChI is InChI=1S/C25H19ClN2O4/c1-31-24(29)21-22(18-10-6-8-16(14-18)17-9-7-11-19(26)15-17)27-28(23(21)25(30)32-2)20-12-4-3-5-13-20/h3-15H,1-2H3. The SMILES string of the molecule is COC(=O)c1c(-c2cccc(-c3cccc(Cl)c3)c2)nn(-c2ccccc2)c1C(=O)OC. The van der Waals surface area contributed by atoms with Crippen LogP contribution in [0.4, 0.5) is 0 Å². The summed E-state index contributed by atoms with van der Waals surface area (Å²) in [6.07, 6.45) is 0. The molecule has 4 rings (SSSR count). The lowest BCUT2D eigenvalue weighted by Crippen LogP contribution is -2.15. The molecule has 32 heavy (non-hydrogen) atoms. The Morgan fingerprint density at radius 2 is 1.41 bits per heavy atom. The van der Waals surface area contributed by atoms with Crippen LogP contribution in [0.25, 0.3) is 28.1 Å². The van der Waals surface area contributed by atoms with Crippen molar-refractivity contribution in [2.24, 2.45) is 0 Å². The third kappa shape index (κ3) is 4.00. The van der Waals surface area contributed by atoms with Crippen LogP contribution in [-0.4, -0.2) is 35.9 Å². The molecule has 0 spiro atoms. The van der Waals surface area contributed by atoms with Crippen molar-refractivity contribution < 1.29 is 19.1 Å². The van der Waals surface area contributed by atoms with Crippen LogP contribution in [0.3, 0.4) is 0 Å². The van der Waals surface area contributed by atoms with E-state index in [-0.39, 0.29) is 11.3 Å². The van der Waals surface area contributed by atoms with Gasteiger partial charge >= 0.3 is 11.9 Å². The van der Waals surface area contributed by atoms with Crippen LogP contribution < -0.4 is 0 Å². The summed E-state index contributed by atoms with van der Waals surface area (Å²) in [6, 6.07) is 24.0. The number of benzene rings is 3. The number of nitrogens with zero attached hydrogens (tertiary/aromatic N) is 2. The minimum absolute atomic E-state index is 0.00583. The summed E-state index contributed by atoms with van der Waals surface area (Å²) < 4.78 is 11.4. The molecule has 0 amide bonds. The second-order valence-corrected chi connectivity index (χ2v) is 7.33. The van der Waals surface area contributed by atoms with Crippen molar-refractivity contribution in [3.05, 3.63) is 95.1 Å². The summed E-state index contributed by atoms with van der Waals surface area (Å²) in [5.74, 6) is -1.38. The number of carbonyl (C=O) groups excluding carboxylic acids is 2. The molecule has 1 heterocycles. The predicted octanol–water partition coefficient (Wildman–Crippen LogP) is 5.43. The van der Waals surface area contributed by atoms with E-state index in [1.165, 1.54) is 18.9 Å². The van der Waals surface area contributed by atoms with E-state index >= 15 is 0 Å². The van der Waals surface area contributed by atoms with E-state index in [1.54, 1.807) is 18.2 Å². The quantitative estimate of drug-likeness (QED) is 0.382. The average Bonchev–Trinajstić information content (AvgIpc) is 3.24. The number of hydrogen-bond donors (Lipinski definition) is 0. The molecule has 0 aliphatic carbocycles. The van der Waals surface area contributed by atoms with Crippen LogP contribution in [0.15, 0.2) is 78.9 Å². The smallest absolute Gasteiger partial charge is 0.357 e. The molecule has 0 saturated carbocycles. The topological polar surface area (TPSA) is 70.4 Å². The normalized spacial score (nSPS) is 10.6. The minimum Gasteiger partial charge on any atom is -0.465 e. The van der Waals surface area contributed by atoms with E-state index in [4.69, 9.17) is 21.1 Å². The third-order valence-electron chi connectivity index (χ3n) is 4.95. The number of para-hydroxylation sites is 1. The second-order valence-electron chi connectivity index (χ2n) is 6.89. The van der Waals surface area contributed by atoms with E-state index in [0.717, 1.165) is 11.1 Å². The zero-order chi connectivity index (χ0) is 22.7. The van der Waals surface area contributed by atoms with Crippen molar-refractivity contribution in [2.75, 3.05) is 14.2 Å². The minimum atomic E-state index is -0.695. The fourth-order valence-electron chi connectivity index (χ4n) is 3.47. The number of carbonyl (C=O) groups is 2. The van der Waals surface area contributed by atoms with E-state index < -0.39 is 11.9 Å². The van der Waals surface area contributed by atoms with Crippen LogP contribution in [-0.2, 0) is 9.47 Å². The molecule has 0 aliphatic rings. The summed E-state index contributed by atoms with van der Waals surface area (Å²) in [6.45, 7) is 0. The zero-order valence-corrected chi connectivity index (χ0v) is 18.2. The van der Waals surface area contributed by atoms with Crippen LogP contribution in [0.1, 0.15) is 20.8 Å². The fourth-order valence-corrected chi connectivity index (χ4v) is 3.66. The van der Waals surface area contributed by atoms with Crippen molar-refractivity contribution in [1.29, 1.82) is 0 Å². The Morgan fingerprint density at radius 1 is 0.781 bits per heavy atom. The molecule has 4 aromatic rings. The highest BCUT2D eigenvalue weighted by Gasteiger charge is 2.31. The molecule has 6 nitrogen and oxygen atoms in total. The first-order valence-corrected chi connectivity index (χ1v) is 10.1. The molecule has 0 aliphatic heterocycles. The van der Waals surface area contributed by atoms with Gasteiger partial charge < -0.3 is 9.47 Å². The van der Waals surface area contributed by atoms with Crippen molar-refractivity contribution >= 4 is 23.5 Å². The van der Waals surface area contributed by atoms with Gasteiger partial charge in [-0.15, -0.1) is 0 Å². The van der Waals surface area contributed by atoms with Gasteiger partial charge in [-0.2, -0.15) is 5.10 Å². The van der Waals surface area contributed by atoms with Crippen LogP contribution >= 0.6 is 11.6 Å². The molecule has 7 heteroatoms. The van der Waals surface area contributed by atoms with Gasteiger partial charge in [0.15, 0.2) is 5.69 Å². The lowest BCUT2D eigenvalue weighted by atomic mass is 9.99. The number of ether oxygens (including phenoxy) is 2. The first kappa shape index (κ1) is 21.3. The molecule has 0 N–H and O–H groups in total. The van der Waals surface area contributed by atoms with Gasteiger partial charge in [-0.05, 0) is 41.5 Å². The molecular formula is C25H19ClN2O4. The Kier molecular flexibility index (Phi) is 6.05. The Balaban J connectivity index is 1.97. The fraction of sp³-hybridized carbons (Fsp3) is 0.0800. The summed E-state index contributed by atoms with van der Waals surface area (Å²) in [5, 5.41) is 5.25. The van der Waals surface area contributed by atoms with E-state index in [9.17, 15) is 9.59 Å². The largest absolute Gasteiger partial charge is 0.465 e. The molecular weight excluding hydrogens is 428 g/mol. The molecule has 0 radical (unpaired) electrons. The molecule has 160 valence electrons. The number of halogens is 1. The Morgan fingerprint density at radius 3 is 2.06 bits per heavy atom. The van der Waals surface area contributed by atoms with Crippen LogP contribution in [0, 0.1) is 0 Å². The number of methoxy groups -OCH3 is 2. The lowest BCUT2D eigenvalue weighted by molar-refractivity contribution is 0.0549. The van der Waals surface area contributed by atoms with Gasteiger partial charge in [0.05, 0.1) is 19.9 Å². The predicted molar refractivity (Wildman–Crippen MR) is 122 cm³/mol. The van der Waals surface area contributed by atoms with Gasteiger partial charge in [-0.25, -0.2) is 14.3 Å². The first-order chi connectivity index (χ1) is 15.5. The van der Waals surface area contributed by atoms with Gasteiger partial charge in [-0.1, -0.05) is 60.1 Å². The molecule has 0 atom stereocenters. The highest BCUT2D eigenvalue weighted by Crippen LogP contribution is 2.32. The maximum Gasteiger partial charge on any atom is 0.357 e. The lowest BCUT2D eigenvalue weighted by Gasteiger charge is -2.07. The summed E-state index contributed by atoms with van der Waals surface area (Å²) in [4.78, 5) is 25.5.